The Morgan fingerprint density at radius 3 is 2.57 bits per heavy atom. The molecule has 0 aliphatic carbocycles. The van der Waals surface area contributed by atoms with E-state index in [2.05, 4.69) is 10.1 Å². The Balaban J connectivity index is 2.64. The van der Waals surface area contributed by atoms with Gasteiger partial charge in [-0.3, -0.25) is 4.98 Å². The van der Waals surface area contributed by atoms with Crippen molar-refractivity contribution in [3.63, 3.8) is 0 Å². The molecule has 0 aliphatic rings. The van der Waals surface area contributed by atoms with Crippen LogP contribution in [0.15, 0.2) is 41.7 Å². The monoisotopic (exact) mass is 311 g/mol. The van der Waals surface area contributed by atoms with E-state index in [9.17, 15) is 10.2 Å². The highest BCUT2D eigenvalue weighted by molar-refractivity contribution is 6.14. The number of aromatic nitrogens is 1. The molecule has 0 unspecified atom stereocenters. The van der Waals surface area contributed by atoms with Crippen molar-refractivity contribution in [1.82, 2.24) is 4.98 Å². The first-order valence-electron chi connectivity index (χ1n) is 6.96. The lowest BCUT2D eigenvalue weighted by molar-refractivity contribution is 0.00109. The molecule has 118 valence electrons. The maximum Gasteiger partial charge on any atom is 0.143 e. The maximum absolute atomic E-state index is 10.1. The number of nitrogens with zero attached hydrogens (tertiary/aromatic N) is 3. The van der Waals surface area contributed by atoms with E-state index in [1.165, 1.54) is 30.5 Å². The molecule has 23 heavy (non-hydrogen) atoms. The SMILES string of the molecule is CC(C)(C)O/N=C(\c1cc(C#N)ccc1O)c1ncccc1O. The van der Waals surface area contributed by atoms with Crippen LogP contribution in [0.2, 0.25) is 0 Å². The largest absolute Gasteiger partial charge is 0.507 e. The highest BCUT2D eigenvalue weighted by Gasteiger charge is 2.20. The third-order valence-electron chi connectivity index (χ3n) is 2.80. The number of nitriles is 1. The Labute approximate surface area is 134 Å². The van der Waals surface area contributed by atoms with Gasteiger partial charge in [0.1, 0.15) is 28.5 Å². The van der Waals surface area contributed by atoms with Crippen molar-refractivity contribution in [1.29, 1.82) is 5.26 Å². The molecule has 0 bridgehead atoms. The van der Waals surface area contributed by atoms with E-state index in [0.29, 0.717) is 5.56 Å². The summed E-state index contributed by atoms with van der Waals surface area (Å²) in [5.74, 6) is -0.198. The second kappa shape index (κ2) is 6.36. The number of aromatic hydroxyl groups is 2. The molecular formula is C17H17N3O3. The smallest absolute Gasteiger partial charge is 0.143 e. The van der Waals surface area contributed by atoms with E-state index < -0.39 is 5.60 Å². The predicted molar refractivity (Wildman–Crippen MR) is 85.2 cm³/mol. The molecule has 0 atom stereocenters. The topological polar surface area (TPSA) is 98.7 Å². The average molecular weight is 311 g/mol. The molecule has 1 aromatic carbocycles. The standard InChI is InChI=1S/C17H17N3O3/c1-17(2,3)23-20-15(16-14(22)5-4-8-19-16)12-9-11(10-18)6-7-13(12)21/h4-9,21-22H,1-3H3/b20-15+. The molecule has 2 N–H and O–H groups in total. The zero-order chi connectivity index (χ0) is 17.0. The van der Waals surface area contributed by atoms with Crippen LogP contribution in [0.5, 0.6) is 11.5 Å². The molecule has 0 spiro atoms. The Morgan fingerprint density at radius 1 is 1.22 bits per heavy atom. The highest BCUT2D eigenvalue weighted by atomic mass is 16.6. The fourth-order valence-electron chi connectivity index (χ4n) is 1.78. The van der Waals surface area contributed by atoms with Gasteiger partial charge in [-0.1, -0.05) is 5.16 Å². The van der Waals surface area contributed by atoms with Gasteiger partial charge in [0.15, 0.2) is 0 Å². The zero-order valence-electron chi connectivity index (χ0n) is 13.1. The minimum Gasteiger partial charge on any atom is -0.507 e. The van der Waals surface area contributed by atoms with Gasteiger partial charge < -0.3 is 15.1 Å². The Hall–Kier alpha value is -3.07. The van der Waals surface area contributed by atoms with E-state index in [1.807, 2.05) is 26.8 Å². The second-order valence-corrected chi connectivity index (χ2v) is 5.86. The molecule has 6 nitrogen and oxygen atoms in total. The highest BCUT2D eigenvalue weighted by Crippen LogP contribution is 2.26. The number of hydrogen-bond acceptors (Lipinski definition) is 6. The zero-order valence-corrected chi connectivity index (χ0v) is 13.1. The molecule has 0 saturated carbocycles. The number of oxime groups is 1. The van der Waals surface area contributed by atoms with Crippen LogP contribution in [-0.2, 0) is 4.84 Å². The molecule has 2 aromatic rings. The van der Waals surface area contributed by atoms with Crippen LogP contribution in [0.4, 0.5) is 0 Å². The number of benzene rings is 1. The third kappa shape index (κ3) is 3.98. The summed E-state index contributed by atoms with van der Waals surface area (Å²) in [6.07, 6.45) is 1.49. The molecule has 0 radical (unpaired) electrons. The van der Waals surface area contributed by atoms with Crippen LogP contribution in [0, 0.1) is 11.3 Å². The number of pyridine rings is 1. The van der Waals surface area contributed by atoms with Gasteiger partial charge in [-0.15, -0.1) is 0 Å². The van der Waals surface area contributed by atoms with E-state index in [-0.39, 0.29) is 28.5 Å². The minimum absolute atomic E-state index is 0.0923. The van der Waals surface area contributed by atoms with Gasteiger partial charge in [0.05, 0.1) is 11.6 Å². The summed E-state index contributed by atoms with van der Waals surface area (Å²) in [5, 5.41) is 33.3. The van der Waals surface area contributed by atoms with Gasteiger partial charge in [0, 0.05) is 11.8 Å². The van der Waals surface area contributed by atoms with Gasteiger partial charge in [-0.25, -0.2) is 0 Å². The molecule has 1 aromatic heterocycles. The van der Waals surface area contributed by atoms with Crippen LogP contribution in [0.3, 0.4) is 0 Å². The summed E-state index contributed by atoms with van der Waals surface area (Å²) in [6.45, 7) is 5.45. The fourth-order valence-corrected chi connectivity index (χ4v) is 1.78. The van der Waals surface area contributed by atoms with Crippen molar-refractivity contribution in [3.8, 4) is 17.6 Å². The van der Waals surface area contributed by atoms with Crippen LogP contribution in [0.25, 0.3) is 0 Å². The normalized spacial score (nSPS) is 11.8. The molecule has 0 amide bonds. The van der Waals surface area contributed by atoms with Crippen molar-refractivity contribution >= 4 is 5.71 Å². The summed E-state index contributed by atoms with van der Waals surface area (Å²) in [6, 6.07) is 9.37. The molecule has 1 heterocycles. The van der Waals surface area contributed by atoms with Crippen molar-refractivity contribution < 1.29 is 15.1 Å². The summed E-state index contributed by atoms with van der Waals surface area (Å²) in [4.78, 5) is 9.52. The van der Waals surface area contributed by atoms with Gasteiger partial charge in [0.25, 0.3) is 0 Å². The first-order chi connectivity index (χ1) is 10.8. The lowest BCUT2D eigenvalue weighted by atomic mass is 10.0. The van der Waals surface area contributed by atoms with Gasteiger partial charge in [-0.2, -0.15) is 5.26 Å². The van der Waals surface area contributed by atoms with Crippen LogP contribution >= 0.6 is 0 Å². The van der Waals surface area contributed by atoms with E-state index in [0.717, 1.165) is 0 Å². The molecular weight excluding hydrogens is 294 g/mol. The molecule has 0 aliphatic heterocycles. The quantitative estimate of drug-likeness (QED) is 0.670. The fraction of sp³-hybridized carbons (Fsp3) is 0.235. The molecule has 6 heteroatoms. The van der Waals surface area contributed by atoms with Gasteiger partial charge in [-0.05, 0) is 51.1 Å². The van der Waals surface area contributed by atoms with Crippen molar-refractivity contribution in [2.75, 3.05) is 0 Å². The van der Waals surface area contributed by atoms with E-state index in [1.54, 1.807) is 6.07 Å². The molecule has 0 fully saturated rings. The van der Waals surface area contributed by atoms with E-state index >= 15 is 0 Å². The summed E-state index contributed by atoms with van der Waals surface area (Å²) < 4.78 is 0. The van der Waals surface area contributed by atoms with Crippen molar-refractivity contribution in [2.24, 2.45) is 5.16 Å². The van der Waals surface area contributed by atoms with Gasteiger partial charge >= 0.3 is 0 Å². The van der Waals surface area contributed by atoms with E-state index in [4.69, 9.17) is 10.1 Å². The molecule has 0 saturated heterocycles. The summed E-state index contributed by atoms with van der Waals surface area (Å²) >= 11 is 0. The van der Waals surface area contributed by atoms with Crippen molar-refractivity contribution in [2.45, 2.75) is 26.4 Å². The number of phenolic OH excluding ortho intramolecular Hbond substituents is 1. The number of hydrogen-bond donors (Lipinski definition) is 2. The third-order valence-corrected chi connectivity index (χ3v) is 2.80. The minimum atomic E-state index is -0.571. The number of phenols is 1. The van der Waals surface area contributed by atoms with Crippen molar-refractivity contribution in [3.05, 3.63) is 53.3 Å². The van der Waals surface area contributed by atoms with Crippen LogP contribution in [0.1, 0.15) is 37.6 Å². The average Bonchev–Trinajstić information content (AvgIpc) is 2.49. The number of rotatable bonds is 3. The lowest BCUT2D eigenvalue weighted by Crippen LogP contribution is -2.18. The Kier molecular flexibility index (Phi) is 4.51. The van der Waals surface area contributed by atoms with Crippen LogP contribution < -0.4 is 0 Å². The van der Waals surface area contributed by atoms with Crippen LogP contribution in [-0.4, -0.2) is 26.5 Å². The Bertz CT molecular complexity index is 786. The summed E-state index contributed by atoms with van der Waals surface area (Å²) in [7, 11) is 0. The molecule has 2 rings (SSSR count). The maximum atomic E-state index is 10.1. The summed E-state index contributed by atoms with van der Waals surface area (Å²) in [5.41, 5.74) is 0.326. The Morgan fingerprint density at radius 2 is 1.96 bits per heavy atom. The second-order valence-electron chi connectivity index (χ2n) is 5.86. The first-order valence-corrected chi connectivity index (χ1v) is 6.96. The lowest BCUT2D eigenvalue weighted by Gasteiger charge is -2.17. The first kappa shape index (κ1) is 16.3. The predicted octanol–water partition coefficient (Wildman–Crippen LogP) is 2.93. The van der Waals surface area contributed by atoms with Gasteiger partial charge in [0.2, 0.25) is 0 Å².